The van der Waals surface area contributed by atoms with Crippen molar-refractivity contribution in [2.45, 2.75) is 0 Å². The Kier molecular flexibility index (Phi) is 2.05. The molecule has 1 heterocycles. The average Bonchev–Trinajstić information content (AvgIpc) is 2.14. The van der Waals surface area contributed by atoms with Crippen LogP contribution in [0.2, 0.25) is 0 Å². The van der Waals surface area contributed by atoms with E-state index < -0.39 is 4.92 Å². The van der Waals surface area contributed by atoms with Crippen molar-refractivity contribution in [3.05, 3.63) is 19.3 Å². The van der Waals surface area contributed by atoms with Crippen LogP contribution in [0.5, 0.6) is 0 Å². The highest BCUT2D eigenvalue weighted by molar-refractivity contribution is 9.13. The van der Waals surface area contributed by atoms with Crippen molar-refractivity contribution in [3.63, 3.8) is 0 Å². The van der Waals surface area contributed by atoms with E-state index >= 15 is 0 Å². The molecule has 7 heteroatoms. The highest BCUT2D eigenvalue weighted by Gasteiger charge is 2.22. The van der Waals surface area contributed by atoms with Crippen LogP contribution >= 0.6 is 31.9 Å². The van der Waals surface area contributed by atoms with Crippen molar-refractivity contribution in [1.82, 2.24) is 5.16 Å². The summed E-state index contributed by atoms with van der Waals surface area (Å²) in [5, 5.41) is 13.2. The van der Waals surface area contributed by atoms with Gasteiger partial charge in [0.25, 0.3) is 4.67 Å². The van der Waals surface area contributed by atoms with Crippen LogP contribution in [0.1, 0.15) is 0 Å². The minimum Gasteiger partial charge on any atom is -0.358 e. The predicted molar refractivity (Wildman–Crippen MR) is 38.6 cm³/mol. The van der Waals surface area contributed by atoms with E-state index in [0.717, 1.165) is 0 Å². The predicted octanol–water partition coefficient (Wildman–Crippen LogP) is 2.11. The molecule has 0 saturated carbocycles. The van der Waals surface area contributed by atoms with Gasteiger partial charge >= 0.3 is 5.82 Å². The summed E-state index contributed by atoms with van der Waals surface area (Å²) >= 11 is 5.81. The lowest BCUT2D eigenvalue weighted by molar-refractivity contribution is -0.391. The smallest absolute Gasteiger partial charge is 0.358 e. The van der Waals surface area contributed by atoms with Crippen LogP contribution in [0.25, 0.3) is 0 Å². The largest absolute Gasteiger partial charge is 0.429 e. The van der Waals surface area contributed by atoms with Crippen LogP contribution < -0.4 is 0 Å². The molecule has 0 spiro atoms. The molecule has 0 saturated heterocycles. The van der Waals surface area contributed by atoms with Gasteiger partial charge in [0.05, 0.1) is 0 Å². The number of hydrogen-bond acceptors (Lipinski definition) is 4. The molecule has 5 nitrogen and oxygen atoms in total. The Morgan fingerprint density at radius 3 is 2.40 bits per heavy atom. The van der Waals surface area contributed by atoms with Gasteiger partial charge in [-0.05, 0) is 36.8 Å². The average molecular weight is 272 g/mol. The van der Waals surface area contributed by atoms with Crippen LogP contribution in [-0.2, 0) is 0 Å². The Bertz CT molecular complexity index is 271. The molecular weight excluding hydrogens is 272 g/mol. The van der Waals surface area contributed by atoms with Gasteiger partial charge in [-0.15, -0.1) is 0 Å². The molecule has 0 N–H and O–H groups in total. The second kappa shape index (κ2) is 2.67. The van der Waals surface area contributed by atoms with Crippen molar-refractivity contribution < 1.29 is 9.45 Å². The zero-order valence-corrected chi connectivity index (χ0v) is 7.55. The van der Waals surface area contributed by atoms with Gasteiger partial charge in [0.2, 0.25) is 0 Å². The highest BCUT2D eigenvalue weighted by Crippen LogP contribution is 2.30. The van der Waals surface area contributed by atoms with Crippen LogP contribution in [0, 0.1) is 10.1 Å². The van der Waals surface area contributed by atoms with E-state index in [1.807, 2.05) is 0 Å². The quantitative estimate of drug-likeness (QED) is 0.579. The minimum atomic E-state index is -0.641. The molecule has 0 bridgehead atoms. The third-order valence-electron chi connectivity index (χ3n) is 0.754. The normalized spacial score (nSPS) is 9.80. The van der Waals surface area contributed by atoms with Crippen LogP contribution in [0.4, 0.5) is 5.82 Å². The number of aromatic nitrogens is 1. The van der Waals surface area contributed by atoms with Crippen LogP contribution in [0.3, 0.4) is 0 Å². The maximum atomic E-state index is 10.1. The molecular formula is C3Br2N2O3. The Morgan fingerprint density at radius 1 is 1.60 bits per heavy atom. The van der Waals surface area contributed by atoms with Crippen LogP contribution in [-0.4, -0.2) is 10.1 Å². The Balaban J connectivity index is 3.17. The van der Waals surface area contributed by atoms with E-state index in [1.54, 1.807) is 0 Å². The lowest BCUT2D eigenvalue weighted by atomic mass is 10.7. The number of hydrogen-bond donors (Lipinski definition) is 0. The van der Waals surface area contributed by atoms with E-state index in [4.69, 9.17) is 0 Å². The molecule has 0 aliphatic rings. The summed E-state index contributed by atoms with van der Waals surface area (Å²) in [6, 6.07) is 0. The molecule has 0 radical (unpaired) electrons. The Labute approximate surface area is 71.8 Å². The summed E-state index contributed by atoms with van der Waals surface area (Å²) in [6.07, 6.45) is 0. The standard InChI is InChI=1S/C3Br2N2O3/c4-1-2(5)10-6-3(1)7(8)9. The van der Waals surface area contributed by atoms with E-state index in [1.165, 1.54) is 0 Å². The molecule has 1 rings (SSSR count). The third-order valence-corrected chi connectivity index (χ3v) is 2.54. The summed E-state index contributed by atoms with van der Waals surface area (Å²) in [6.45, 7) is 0. The maximum Gasteiger partial charge on any atom is 0.429 e. The van der Waals surface area contributed by atoms with Gasteiger partial charge in [0.15, 0.2) is 9.63 Å². The van der Waals surface area contributed by atoms with E-state index in [-0.39, 0.29) is 15.0 Å². The van der Waals surface area contributed by atoms with Gasteiger partial charge in [0, 0.05) is 0 Å². The second-order valence-corrected chi connectivity index (χ2v) is 2.86. The minimum absolute atomic E-state index is 0.220. The summed E-state index contributed by atoms with van der Waals surface area (Å²) in [5.41, 5.74) is 0. The molecule has 1 aromatic rings. The molecule has 0 unspecified atom stereocenters. The van der Waals surface area contributed by atoms with Gasteiger partial charge in [-0.3, -0.25) is 0 Å². The van der Waals surface area contributed by atoms with Crippen molar-refractivity contribution >= 4 is 37.7 Å². The highest BCUT2D eigenvalue weighted by atomic mass is 79.9. The molecule has 0 aromatic carbocycles. The molecule has 54 valence electrons. The lowest BCUT2D eigenvalue weighted by Crippen LogP contribution is -1.87. The third kappa shape index (κ3) is 1.19. The molecule has 0 amide bonds. The van der Waals surface area contributed by atoms with E-state index in [0.29, 0.717) is 0 Å². The first-order chi connectivity index (χ1) is 4.63. The topological polar surface area (TPSA) is 69.2 Å². The molecule has 0 aliphatic carbocycles. The number of halogens is 2. The first kappa shape index (κ1) is 7.67. The fraction of sp³-hybridized carbons (Fsp3) is 0. The molecule has 0 fully saturated rings. The number of nitrogens with zero attached hydrogens (tertiary/aromatic N) is 2. The first-order valence-corrected chi connectivity index (χ1v) is 3.66. The molecule has 0 aliphatic heterocycles. The fourth-order valence-corrected chi connectivity index (χ4v) is 0.904. The second-order valence-electron chi connectivity index (χ2n) is 1.35. The number of nitro groups is 1. The molecule has 10 heavy (non-hydrogen) atoms. The van der Waals surface area contributed by atoms with Gasteiger partial charge in [0.1, 0.15) is 0 Å². The summed E-state index contributed by atoms with van der Waals surface area (Å²) in [5.74, 6) is -0.327. The zero-order chi connectivity index (χ0) is 7.72. The maximum absolute atomic E-state index is 10.1. The van der Waals surface area contributed by atoms with E-state index in [2.05, 4.69) is 41.5 Å². The SMILES string of the molecule is O=[N+]([O-])c1noc(Br)c1Br. The summed E-state index contributed by atoms with van der Waals surface area (Å²) < 4.78 is 4.88. The van der Waals surface area contributed by atoms with Gasteiger partial charge in [-0.2, -0.15) is 0 Å². The van der Waals surface area contributed by atoms with Crippen molar-refractivity contribution in [3.8, 4) is 0 Å². The van der Waals surface area contributed by atoms with Gasteiger partial charge < -0.3 is 10.1 Å². The Hall–Kier alpha value is -0.430. The first-order valence-electron chi connectivity index (χ1n) is 2.08. The summed E-state index contributed by atoms with van der Waals surface area (Å²) in [7, 11) is 0. The van der Waals surface area contributed by atoms with Gasteiger partial charge in [-0.1, -0.05) is 0 Å². The van der Waals surface area contributed by atoms with Crippen molar-refractivity contribution in [2.24, 2.45) is 0 Å². The van der Waals surface area contributed by atoms with Crippen molar-refractivity contribution in [1.29, 1.82) is 0 Å². The zero-order valence-electron chi connectivity index (χ0n) is 4.38. The lowest BCUT2D eigenvalue weighted by Gasteiger charge is -1.83. The number of rotatable bonds is 1. The van der Waals surface area contributed by atoms with Crippen LogP contribution in [0.15, 0.2) is 13.7 Å². The van der Waals surface area contributed by atoms with Gasteiger partial charge in [-0.25, -0.2) is 4.52 Å². The Morgan fingerprint density at radius 2 is 2.20 bits per heavy atom. The summed E-state index contributed by atoms with van der Waals surface area (Å²) in [4.78, 5) is 9.43. The monoisotopic (exact) mass is 270 g/mol. The van der Waals surface area contributed by atoms with E-state index in [9.17, 15) is 10.1 Å². The molecule has 0 atom stereocenters. The molecule has 1 aromatic heterocycles. The fourth-order valence-electron chi connectivity index (χ4n) is 0.365. The van der Waals surface area contributed by atoms with Crippen molar-refractivity contribution in [2.75, 3.05) is 0 Å².